The Kier molecular flexibility index (Phi) is 3.50. The summed E-state index contributed by atoms with van der Waals surface area (Å²) in [7, 11) is 2.10. The van der Waals surface area contributed by atoms with E-state index in [1.807, 2.05) is 0 Å². The topological polar surface area (TPSA) is 58.4 Å². The first-order valence-corrected chi connectivity index (χ1v) is 6.31. The van der Waals surface area contributed by atoms with Crippen molar-refractivity contribution >= 4 is 5.91 Å². The second-order valence-electron chi connectivity index (χ2n) is 5.55. The summed E-state index contributed by atoms with van der Waals surface area (Å²) in [5, 5.41) is 3.13. The summed E-state index contributed by atoms with van der Waals surface area (Å²) in [6, 6.07) is 0.354. The maximum Gasteiger partial charge on any atom is 0.220 e. The Hall–Kier alpha value is -0.610. The van der Waals surface area contributed by atoms with Crippen molar-refractivity contribution in [2.24, 2.45) is 11.1 Å². The molecule has 2 fully saturated rings. The van der Waals surface area contributed by atoms with Gasteiger partial charge in [-0.3, -0.25) is 4.79 Å². The Balaban J connectivity index is 1.76. The summed E-state index contributed by atoms with van der Waals surface area (Å²) in [5.74, 6) is 0.199. The van der Waals surface area contributed by atoms with E-state index in [0.717, 1.165) is 32.4 Å². The van der Waals surface area contributed by atoms with Crippen LogP contribution in [0.5, 0.6) is 0 Å². The van der Waals surface area contributed by atoms with Crippen LogP contribution in [0.1, 0.15) is 32.1 Å². The van der Waals surface area contributed by atoms with Crippen molar-refractivity contribution in [1.82, 2.24) is 10.2 Å². The molecule has 4 heteroatoms. The fourth-order valence-corrected chi connectivity index (χ4v) is 2.80. The summed E-state index contributed by atoms with van der Waals surface area (Å²) in [5.41, 5.74) is 5.89. The lowest BCUT2D eigenvalue weighted by Crippen LogP contribution is -2.44. The van der Waals surface area contributed by atoms with Crippen molar-refractivity contribution in [2.45, 2.75) is 38.1 Å². The largest absolute Gasteiger partial charge is 0.352 e. The van der Waals surface area contributed by atoms with E-state index >= 15 is 0 Å². The molecule has 2 aliphatic rings. The molecule has 1 heterocycles. The van der Waals surface area contributed by atoms with E-state index in [2.05, 4.69) is 17.3 Å². The Morgan fingerprint density at radius 1 is 1.56 bits per heavy atom. The third kappa shape index (κ3) is 2.55. The number of hydrogen-bond acceptors (Lipinski definition) is 3. The molecule has 3 N–H and O–H groups in total. The summed E-state index contributed by atoms with van der Waals surface area (Å²) in [6.45, 7) is 2.74. The minimum absolute atomic E-state index is 0.134. The van der Waals surface area contributed by atoms with Crippen molar-refractivity contribution in [3.05, 3.63) is 0 Å². The van der Waals surface area contributed by atoms with Crippen molar-refractivity contribution in [3.63, 3.8) is 0 Å². The van der Waals surface area contributed by atoms with Gasteiger partial charge in [0.15, 0.2) is 0 Å². The zero-order valence-electron chi connectivity index (χ0n) is 10.2. The Bertz CT molecular complexity index is 257. The fourth-order valence-electron chi connectivity index (χ4n) is 2.80. The number of carbonyl (C=O) groups is 1. The number of likely N-dealkylation sites (N-methyl/N-ethyl adjacent to an activating group) is 1. The van der Waals surface area contributed by atoms with Crippen LogP contribution in [0.25, 0.3) is 0 Å². The second-order valence-corrected chi connectivity index (χ2v) is 5.55. The van der Waals surface area contributed by atoms with Gasteiger partial charge in [0.1, 0.15) is 0 Å². The molecule has 1 aliphatic carbocycles. The van der Waals surface area contributed by atoms with E-state index < -0.39 is 0 Å². The van der Waals surface area contributed by atoms with Crippen LogP contribution in [-0.2, 0) is 4.79 Å². The molecule has 0 aromatic rings. The van der Waals surface area contributed by atoms with E-state index in [4.69, 9.17) is 5.73 Å². The first kappa shape index (κ1) is 11.9. The molecule has 2 rings (SSSR count). The molecule has 0 radical (unpaired) electrons. The highest BCUT2D eigenvalue weighted by Gasteiger charge is 2.38. The van der Waals surface area contributed by atoms with Gasteiger partial charge in [0, 0.05) is 19.0 Å². The van der Waals surface area contributed by atoms with Gasteiger partial charge in [-0.1, -0.05) is 6.42 Å². The molecule has 1 saturated carbocycles. The molecule has 1 saturated heterocycles. The Morgan fingerprint density at radius 3 is 2.75 bits per heavy atom. The third-order valence-electron chi connectivity index (χ3n) is 4.14. The Labute approximate surface area is 97.6 Å². The third-order valence-corrected chi connectivity index (χ3v) is 4.14. The molecule has 1 atom stereocenters. The van der Waals surface area contributed by atoms with Crippen LogP contribution < -0.4 is 11.1 Å². The zero-order valence-corrected chi connectivity index (χ0v) is 10.2. The van der Waals surface area contributed by atoms with Crippen molar-refractivity contribution in [1.29, 1.82) is 0 Å². The number of nitrogens with zero attached hydrogens (tertiary/aromatic N) is 1. The van der Waals surface area contributed by atoms with Crippen LogP contribution in [0, 0.1) is 5.41 Å². The van der Waals surface area contributed by atoms with Crippen LogP contribution in [0.2, 0.25) is 0 Å². The summed E-state index contributed by atoms with van der Waals surface area (Å²) >= 11 is 0. The molecule has 16 heavy (non-hydrogen) atoms. The van der Waals surface area contributed by atoms with Gasteiger partial charge < -0.3 is 16.0 Å². The van der Waals surface area contributed by atoms with E-state index in [1.165, 1.54) is 6.42 Å². The van der Waals surface area contributed by atoms with Gasteiger partial charge in [0.2, 0.25) is 5.91 Å². The van der Waals surface area contributed by atoms with Crippen LogP contribution in [-0.4, -0.2) is 43.5 Å². The number of nitrogens with two attached hydrogens (primary N) is 1. The zero-order chi connectivity index (χ0) is 11.6. The molecule has 1 unspecified atom stereocenters. The van der Waals surface area contributed by atoms with Gasteiger partial charge >= 0.3 is 0 Å². The lowest BCUT2D eigenvalue weighted by Gasteiger charge is -2.40. The predicted molar refractivity (Wildman–Crippen MR) is 64.0 cm³/mol. The van der Waals surface area contributed by atoms with Crippen LogP contribution in [0.15, 0.2) is 0 Å². The molecule has 1 amide bonds. The lowest BCUT2D eigenvalue weighted by molar-refractivity contribution is -0.125. The molecule has 4 nitrogen and oxygen atoms in total. The lowest BCUT2D eigenvalue weighted by atomic mass is 9.66. The fraction of sp³-hybridized carbons (Fsp3) is 0.917. The first-order chi connectivity index (χ1) is 7.63. The number of nitrogens with one attached hydrogen (secondary N) is 1. The highest BCUT2D eigenvalue weighted by molar-refractivity contribution is 5.77. The smallest absolute Gasteiger partial charge is 0.220 e. The number of likely N-dealkylation sites (tertiary alicyclic amines) is 1. The van der Waals surface area contributed by atoms with Gasteiger partial charge in [-0.2, -0.15) is 0 Å². The van der Waals surface area contributed by atoms with E-state index in [-0.39, 0.29) is 11.3 Å². The van der Waals surface area contributed by atoms with E-state index in [0.29, 0.717) is 19.0 Å². The van der Waals surface area contributed by atoms with Gasteiger partial charge in [-0.15, -0.1) is 0 Å². The van der Waals surface area contributed by atoms with Crippen LogP contribution in [0.3, 0.4) is 0 Å². The van der Waals surface area contributed by atoms with Crippen molar-refractivity contribution in [2.75, 3.05) is 26.7 Å². The Morgan fingerprint density at radius 2 is 2.31 bits per heavy atom. The molecular weight excluding hydrogens is 202 g/mol. The molecule has 92 valence electrons. The molecule has 0 bridgehead atoms. The maximum atomic E-state index is 11.9. The van der Waals surface area contributed by atoms with Gasteiger partial charge in [-0.25, -0.2) is 0 Å². The molecule has 0 aromatic carbocycles. The summed E-state index contributed by atoms with van der Waals surface area (Å²) in [4.78, 5) is 14.1. The summed E-state index contributed by atoms with van der Waals surface area (Å²) in [6.07, 6.45) is 5.20. The highest BCUT2D eigenvalue weighted by Crippen LogP contribution is 2.42. The first-order valence-electron chi connectivity index (χ1n) is 6.31. The van der Waals surface area contributed by atoms with Gasteiger partial charge in [-0.05, 0) is 44.8 Å². The number of rotatable bonds is 4. The second kappa shape index (κ2) is 4.72. The minimum Gasteiger partial charge on any atom is -0.352 e. The van der Waals surface area contributed by atoms with E-state index in [9.17, 15) is 4.79 Å². The quantitative estimate of drug-likeness (QED) is 0.725. The monoisotopic (exact) mass is 225 g/mol. The van der Waals surface area contributed by atoms with Crippen molar-refractivity contribution < 1.29 is 4.79 Å². The normalized spacial score (nSPS) is 28.8. The number of hydrogen-bond donors (Lipinski definition) is 2. The maximum absolute atomic E-state index is 11.9. The molecule has 0 spiro atoms. The number of amides is 1. The molecule has 1 aliphatic heterocycles. The molecule has 0 aromatic heterocycles. The van der Waals surface area contributed by atoms with Gasteiger partial charge in [0.25, 0.3) is 0 Å². The average molecular weight is 225 g/mol. The highest BCUT2D eigenvalue weighted by atomic mass is 16.1. The van der Waals surface area contributed by atoms with E-state index in [1.54, 1.807) is 0 Å². The van der Waals surface area contributed by atoms with Crippen LogP contribution >= 0.6 is 0 Å². The predicted octanol–water partition coefficient (Wildman–Crippen LogP) is 0.326. The summed E-state index contributed by atoms with van der Waals surface area (Å²) < 4.78 is 0. The van der Waals surface area contributed by atoms with Gasteiger partial charge in [0.05, 0.1) is 0 Å². The number of carbonyl (C=O) groups excluding carboxylic acids is 1. The van der Waals surface area contributed by atoms with Crippen LogP contribution in [0.4, 0.5) is 0 Å². The standard InChI is InChI=1S/C12H23N3O/c1-15-6-3-10(8-15)14-11(16)7-12(9-13)4-2-5-12/h10H,2-9,13H2,1H3,(H,14,16). The molecular formula is C12H23N3O. The SMILES string of the molecule is CN1CCC(NC(=O)CC2(CN)CCC2)C1. The van der Waals surface area contributed by atoms with Crippen molar-refractivity contribution in [3.8, 4) is 0 Å². The minimum atomic E-state index is 0.134. The average Bonchev–Trinajstić information content (AvgIpc) is 2.57.